The van der Waals surface area contributed by atoms with Gasteiger partial charge in [-0.2, -0.15) is 0 Å². The Kier molecular flexibility index (Phi) is 7.18. The van der Waals surface area contributed by atoms with Gasteiger partial charge in [-0.1, -0.05) is 36.4 Å². The van der Waals surface area contributed by atoms with Crippen molar-refractivity contribution < 1.29 is 13.9 Å². The van der Waals surface area contributed by atoms with Gasteiger partial charge in [-0.3, -0.25) is 9.69 Å². The molecule has 1 fully saturated rings. The number of rotatable bonds is 8. The molecule has 6 nitrogen and oxygen atoms in total. The van der Waals surface area contributed by atoms with Gasteiger partial charge in [0, 0.05) is 36.6 Å². The Labute approximate surface area is 180 Å². The Morgan fingerprint density at radius 2 is 1.83 bits per heavy atom. The van der Waals surface area contributed by atoms with Crippen molar-refractivity contribution in [2.45, 2.75) is 12.3 Å². The first-order valence-electron chi connectivity index (χ1n) is 10.0. The fourth-order valence-corrected chi connectivity index (χ4v) is 4.00. The smallest absolute Gasteiger partial charge is 0.234 e. The van der Waals surface area contributed by atoms with Gasteiger partial charge in [0.05, 0.1) is 24.7 Å². The number of hydrogen-bond acceptors (Lipinski definition) is 6. The number of anilines is 1. The Balaban J connectivity index is 1.27. The summed E-state index contributed by atoms with van der Waals surface area (Å²) in [6, 6.07) is 17.8. The lowest BCUT2D eigenvalue weighted by Gasteiger charge is -2.27. The van der Waals surface area contributed by atoms with Crippen LogP contribution in [-0.4, -0.2) is 47.8 Å². The number of carbonyl (C=O) groups excluding carboxylic acids is 1. The molecule has 1 aliphatic heterocycles. The zero-order valence-electron chi connectivity index (χ0n) is 16.8. The number of ether oxygens (including phenoxy) is 1. The molecule has 0 saturated carbocycles. The minimum Gasteiger partial charge on any atom is -0.444 e. The monoisotopic (exact) mass is 423 g/mol. The van der Waals surface area contributed by atoms with Gasteiger partial charge in [0.25, 0.3) is 0 Å². The second-order valence-electron chi connectivity index (χ2n) is 7.10. The Hall–Kier alpha value is -2.61. The Morgan fingerprint density at radius 3 is 2.67 bits per heavy atom. The van der Waals surface area contributed by atoms with E-state index < -0.39 is 0 Å². The van der Waals surface area contributed by atoms with Gasteiger partial charge in [0.2, 0.25) is 11.8 Å². The molecule has 2 aromatic carbocycles. The zero-order valence-corrected chi connectivity index (χ0v) is 17.6. The molecule has 0 bridgehead atoms. The summed E-state index contributed by atoms with van der Waals surface area (Å²) in [5.41, 5.74) is 3.78. The van der Waals surface area contributed by atoms with Gasteiger partial charge in [-0.05, 0) is 23.8 Å². The molecule has 0 unspecified atom stereocenters. The maximum absolute atomic E-state index is 12.5. The van der Waals surface area contributed by atoms with Crippen molar-refractivity contribution in [2.24, 2.45) is 0 Å². The molecule has 2 heterocycles. The minimum absolute atomic E-state index is 0.0128. The van der Waals surface area contributed by atoms with Crippen LogP contribution in [0.5, 0.6) is 0 Å². The van der Waals surface area contributed by atoms with E-state index >= 15 is 0 Å². The summed E-state index contributed by atoms with van der Waals surface area (Å²) < 4.78 is 11.0. The third kappa shape index (κ3) is 5.72. The van der Waals surface area contributed by atoms with E-state index in [9.17, 15) is 4.79 Å². The molecule has 0 atom stereocenters. The van der Waals surface area contributed by atoms with Crippen LogP contribution in [-0.2, 0) is 21.8 Å². The normalized spacial score (nSPS) is 14.5. The highest BCUT2D eigenvalue weighted by molar-refractivity contribution is 7.99. The number of aromatic nitrogens is 1. The molecule has 1 saturated heterocycles. The van der Waals surface area contributed by atoms with Crippen molar-refractivity contribution in [1.82, 2.24) is 9.88 Å². The maximum atomic E-state index is 12.5. The first-order valence-corrected chi connectivity index (χ1v) is 11.2. The summed E-state index contributed by atoms with van der Waals surface area (Å²) in [6.07, 6.45) is 1.66. The average molecular weight is 424 g/mol. The van der Waals surface area contributed by atoms with Gasteiger partial charge in [-0.25, -0.2) is 4.98 Å². The van der Waals surface area contributed by atoms with Crippen LogP contribution >= 0.6 is 11.8 Å². The topological polar surface area (TPSA) is 67.6 Å². The SMILES string of the molecule is O=C(CSCc1coc(-c2ccccc2)n1)Nc1ccccc1CN1CCOCC1. The van der Waals surface area contributed by atoms with Crippen LogP contribution in [0.4, 0.5) is 5.69 Å². The predicted octanol–water partition coefficient (Wildman–Crippen LogP) is 4.05. The number of nitrogens with zero attached hydrogens (tertiary/aromatic N) is 2. The number of hydrogen-bond donors (Lipinski definition) is 1. The van der Waals surface area contributed by atoms with Crippen LogP contribution in [0.25, 0.3) is 11.5 Å². The van der Waals surface area contributed by atoms with E-state index in [0.29, 0.717) is 17.4 Å². The number of morpholine rings is 1. The predicted molar refractivity (Wildman–Crippen MR) is 119 cm³/mol. The molecule has 1 aromatic heterocycles. The van der Waals surface area contributed by atoms with Crippen molar-refractivity contribution in [1.29, 1.82) is 0 Å². The number of carbonyl (C=O) groups is 1. The van der Waals surface area contributed by atoms with Crippen molar-refractivity contribution >= 4 is 23.4 Å². The van der Waals surface area contributed by atoms with Gasteiger partial charge in [0.1, 0.15) is 6.26 Å². The van der Waals surface area contributed by atoms with E-state index in [0.717, 1.165) is 55.4 Å². The summed E-state index contributed by atoms with van der Waals surface area (Å²) >= 11 is 1.52. The van der Waals surface area contributed by atoms with Crippen LogP contribution in [0.15, 0.2) is 65.3 Å². The van der Waals surface area contributed by atoms with Gasteiger partial charge in [-0.15, -0.1) is 11.8 Å². The lowest BCUT2D eigenvalue weighted by molar-refractivity contribution is -0.113. The molecule has 1 amide bonds. The molecule has 1 N–H and O–H groups in total. The van der Waals surface area contributed by atoms with Crippen LogP contribution in [0.2, 0.25) is 0 Å². The van der Waals surface area contributed by atoms with E-state index in [2.05, 4.69) is 21.3 Å². The molecular formula is C23H25N3O3S. The summed E-state index contributed by atoms with van der Waals surface area (Å²) in [6.45, 7) is 4.17. The molecule has 0 spiro atoms. The lowest BCUT2D eigenvalue weighted by atomic mass is 10.1. The quantitative estimate of drug-likeness (QED) is 0.590. The number of oxazole rings is 1. The summed E-state index contributed by atoms with van der Waals surface area (Å²) in [5, 5.41) is 3.06. The maximum Gasteiger partial charge on any atom is 0.234 e. The largest absolute Gasteiger partial charge is 0.444 e. The fourth-order valence-electron chi connectivity index (χ4n) is 3.30. The number of nitrogens with one attached hydrogen (secondary N) is 1. The van der Waals surface area contributed by atoms with Crippen molar-refractivity contribution in [3.63, 3.8) is 0 Å². The van der Waals surface area contributed by atoms with Gasteiger partial charge in [0.15, 0.2) is 0 Å². The van der Waals surface area contributed by atoms with Crippen molar-refractivity contribution in [3.8, 4) is 11.5 Å². The Bertz CT molecular complexity index is 955. The van der Waals surface area contributed by atoms with Crippen molar-refractivity contribution in [2.75, 3.05) is 37.4 Å². The second kappa shape index (κ2) is 10.4. The van der Waals surface area contributed by atoms with E-state index in [1.165, 1.54) is 11.8 Å². The molecule has 0 radical (unpaired) electrons. The fraction of sp³-hybridized carbons (Fsp3) is 0.304. The molecular weight excluding hydrogens is 398 g/mol. The number of amides is 1. The van der Waals surface area contributed by atoms with E-state index in [4.69, 9.17) is 9.15 Å². The average Bonchev–Trinajstić information content (AvgIpc) is 3.25. The highest BCUT2D eigenvalue weighted by Crippen LogP contribution is 2.21. The van der Waals surface area contributed by atoms with Crippen LogP contribution in [0.1, 0.15) is 11.3 Å². The number of thioether (sulfide) groups is 1. The first-order chi connectivity index (χ1) is 14.8. The number of benzene rings is 2. The highest BCUT2D eigenvalue weighted by atomic mass is 32.2. The minimum atomic E-state index is -0.0128. The Morgan fingerprint density at radius 1 is 1.07 bits per heavy atom. The zero-order chi connectivity index (χ0) is 20.6. The molecule has 156 valence electrons. The molecule has 4 rings (SSSR count). The van der Waals surface area contributed by atoms with Gasteiger partial charge >= 0.3 is 0 Å². The summed E-state index contributed by atoms with van der Waals surface area (Å²) in [7, 11) is 0. The van der Waals surface area contributed by atoms with Crippen molar-refractivity contribution in [3.05, 3.63) is 72.1 Å². The standard InChI is InChI=1S/C23H25N3O3S/c27-22(17-30-16-20-15-29-23(24-20)18-6-2-1-3-7-18)25-21-9-5-4-8-19(21)14-26-10-12-28-13-11-26/h1-9,15H,10-14,16-17H2,(H,25,27). The number of para-hydroxylation sites is 1. The molecule has 1 aliphatic rings. The summed E-state index contributed by atoms with van der Waals surface area (Å²) in [4.78, 5) is 19.3. The third-order valence-electron chi connectivity index (χ3n) is 4.84. The van der Waals surface area contributed by atoms with E-state index in [-0.39, 0.29) is 5.91 Å². The van der Waals surface area contributed by atoms with Crippen LogP contribution in [0.3, 0.4) is 0 Å². The van der Waals surface area contributed by atoms with E-state index in [1.54, 1.807) is 6.26 Å². The molecule has 30 heavy (non-hydrogen) atoms. The van der Waals surface area contributed by atoms with Crippen LogP contribution < -0.4 is 5.32 Å². The molecule has 7 heteroatoms. The first kappa shape index (κ1) is 20.7. The third-order valence-corrected chi connectivity index (χ3v) is 5.81. The summed E-state index contributed by atoms with van der Waals surface area (Å²) in [5.74, 6) is 1.58. The highest BCUT2D eigenvalue weighted by Gasteiger charge is 2.14. The van der Waals surface area contributed by atoms with Crippen LogP contribution in [0, 0.1) is 0 Å². The lowest BCUT2D eigenvalue weighted by Crippen LogP contribution is -2.35. The van der Waals surface area contributed by atoms with Gasteiger partial charge < -0.3 is 14.5 Å². The second-order valence-corrected chi connectivity index (χ2v) is 8.08. The molecule has 0 aliphatic carbocycles. The molecule has 3 aromatic rings. The van der Waals surface area contributed by atoms with E-state index in [1.807, 2.05) is 48.5 Å².